The van der Waals surface area contributed by atoms with Crippen LogP contribution in [0.2, 0.25) is 0 Å². The van der Waals surface area contributed by atoms with Crippen molar-refractivity contribution in [3.05, 3.63) is 29.3 Å². The monoisotopic (exact) mass is 282 g/mol. The summed E-state index contributed by atoms with van der Waals surface area (Å²) in [5.41, 5.74) is 5.54. The molecule has 1 aliphatic rings. The number of carbonyl (C=O) groups is 1. The molecule has 2 atom stereocenters. The molecule has 3 nitrogen and oxygen atoms in total. The van der Waals surface area contributed by atoms with E-state index in [1.807, 2.05) is 0 Å². The Balaban J connectivity index is 2.06. The van der Waals surface area contributed by atoms with E-state index in [1.165, 1.54) is 6.42 Å². The van der Waals surface area contributed by atoms with Gasteiger partial charge in [0.1, 0.15) is 0 Å². The van der Waals surface area contributed by atoms with E-state index in [1.54, 1.807) is 0 Å². The molecule has 3 N–H and O–H groups in total. The highest BCUT2D eigenvalue weighted by Crippen LogP contribution is 2.23. The van der Waals surface area contributed by atoms with Gasteiger partial charge in [-0.2, -0.15) is 0 Å². The highest BCUT2D eigenvalue weighted by molar-refractivity contribution is 5.99. The van der Waals surface area contributed by atoms with Gasteiger partial charge >= 0.3 is 0 Å². The SMILES string of the molecule is CC1CCCC(NC(=O)c2cc(F)c(F)cc2N)CC1. The molecule has 0 saturated heterocycles. The lowest BCUT2D eigenvalue weighted by Crippen LogP contribution is -2.35. The van der Waals surface area contributed by atoms with Gasteiger partial charge in [-0.25, -0.2) is 8.78 Å². The largest absolute Gasteiger partial charge is 0.398 e. The van der Waals surface area contributed by atoms with Crippen molar-refractivity contribution in [2.24, 2.45) is 5.92 Å². The Kier molecular flexibility index (Phi) is 4.57. The first kappa shape index (κ1) is 14.8. The van der Waals surface area contributed by atoms with Gasteiger partial charge in [-0.1, -0.05) is 19.8 Å². The molecule has 0 spiro atoms. The summed E-state index contributed by atoms with van der Waals surface area (Å²) in [4.78, 5) is 12.1. The second-order valence-electron chi connectivity index (χ2n) is 5.64. The van der Waals surface area contributed by atoms with E-state index in [0.717, 1.165) is 37.8 Å². The van der Waals surface area contributed by atoms with Crippen LogP contribution in [0.1, 0.15) is 49.4 Å². The van der Waals surface area contributed by atoms with Crippen LogP contribution in [0, 0.1) is 17.6 Å². The van der Waals surface area contributed by atoms with Crippen molar-refractivity contribution in [2.45, 2.75) is 45.1 Å². The van der Waals surface area contributed by atoms with E-state index in [2.05, 4.69) is 12.2 Å². The number of benzene rings is 1. The molecule has 2 unspecified atom stereocenters. The topological polar surface area (TPSA) is 55.1 Å². The van der Waals surface area contributed by atoms with Gasteiger partial charge in [0.2, 0.25) is 0 Å². The Morgan fingerprint density at radius 2 is 1.90 bits per heavy atom. The highest BCUT2D eigenvalue weighted by atomic mass is 19.2. The van der Waals surface area contributed by atoms with Crippen LogP contribution in [0.15, 0.2) is 12.1 Å². The first-order valence-corrected chi connectivity index (χ1v) is 7.02. The smallest absolute Gasteiger partial charge is 0.253 e. The fraction of sp³-hybridized carbons (Fsp3) is 0.533. The zero-order valence-electron chi connectivity index (χ0n) is 11.6. The molecule has 0 radical (unpaired) electrons. The fourth-order valence-corrected chi connectivity index (χ4v) is 2.65. The van der Waals surface area contributed by atoms with Crippen LogP contribution in [0.4, 0.5) is 14.5 Å². The number of halogens is 2. The maximum absolute atomic E-state index is 13.2. The average Bonchev–Trinajstić information content (AvgIpc) is 2.59. The Morgan fingerprint density at radius 3 is 2.65 bits per heavy atom. The molecule has 2 rings (SSSR count). The minimum atomic E-state index is -1.06. The van der Waals surface area contributed by atoms with E-state index in [0.29, 0.717) is 5.92 Å². The van der Waals surface area contributed by atoms with Crippen molar-refractivity contribution in [3.63, 3.8) is 0 Å². The van der Waals surface area contributed by atoms with Crippen LogP contribution in [0.5, 0.6) is 0 Å². The van der Waals surface area contributed by atoms with Gasteiger partial charge in [-0.15, -0.1) is 0 Å². The maximum atomic E-state index is 13.2. The number of hydrogen-bond acceptors (Lipinski definition) is 2. The van der Waals surface area contributed by atoms with E-state index in [4.69, 9.17) is 5.73 Å². The number of nitrogens with two attached hydrogens (primary N) is 1. The first-order valence-electron chi connectivity index (χ1n) is 7.02. The zero-order valence-corrected chi connectivity index (χ0v) is 11.6. The molecule has 1 aromatic rings. The molecule has 1 amide bonds. The molecule has 1 saturated carbocycles. The van der Waals surface area contributed by atoms with E-state index in [9.17, 15) is 13.6 Å². The van der Waals surface area contributed by atoms with Crippen LogP contribution in [-0.4, -0.2) is 11.9 Å². The van der Waals surface area contributed by atoms with Crippen LogP contribution in [0.25, 0.3) is 0 Å². The first-order chi connectivity index (χ1) is 9.47. The fourth-order valence-electron chi connectivity index (χ4n) is 2.65. The van der Waals surface area contributed by atoms with Crippen molar-refractivity contribution < 1.29 is 13.6 Å². The lowest BCUT2D eigenvalue weighted by molar-refractivity contribution is 0.0933. The number of rotatable bonds is 2. The quantitative estimate of drug-likeness (QED) is 0.646. The third-order valence-electron chi connectivity index (χ3n) is 3.93. The summed E-state index contributed by atoms with van der Waals surface area (Å²) in [5.74, 6) is -1.85. The van der Waals surface area contributed by atoms with E-state index >= 15 is 0 Å². The molecular weight excluding hydrogens is 262 g/mol. The lowest BCUT2D eigenvalue weighted by Gasteiger charge is -2.17. The summed E-state index contributed by atoms with van der Waals surface area (Å²) in [7, 11) is 0. The van der Waals surface area contributed by atoms with Crippen LogP contribution >= 0.6 is 0 Å². The lowest BCUT2D eigenvalue weighted by atomic mass is 10.0. The summed E-state index contributed by atoms with van der Waals surface area (Å²) < 4.78 is 26.2. The summed E-state index contributed by atoms with van der Waals surface area (Å²) in [6.45, 7) is 2.21. The Hall–Kier alpha value is -1.65. The third-order valence-corrected chi connectivity index (χ3v) is 3.93. The third kappa shape index (κ3) is 3.46. The molecular formula is C15H20F2N2O. The van der Waals surface area contributed by atoms with Gasteiger partial charge < -0.3 is 11.1 Å². The molecule has 20 heavy (non-hydrogen) atoms. The second-order valence-corrected chi connectivity index (χ2v) is 5.64. The van der Waals surface area contributed by atoms with Gasteiger partial charge in [-0.3, -0.25) is 4.79 Å². The number of anilines is 1. The van der Waals surface area contributed by atoms with Gasteiger partial charge in [0.15, 0.2) is 11.6 Å². The number of nitrogens with one attached hydrogen (secondary N) is 1. The summed E-state index contributed by atoms with van der Waals surface area (Å²) in [5, 5.41) is 2.88. The second kappa shape index (κ2) is 6.20. The zero-order chi connectivity index (χ0) is 14.7. The molecule has 5 heteroatoms. The Labute approximate surface area is 117 Å². The Bertz CT molecular complexity index is 505. The molecule has 1 aliphatic carbocycles. The van der Waals surface area contributed by atoms with Crippen molar-refractivity contribution in [1.82, 2.24) is 5.32 Å². The van der Waals surface area contributed by atoms with Crippen LogP contribution in [-0.2, 0) is 0 Å². The normalized spacial score (nSPS) is 23.1. The predicted octanol–water partition coefficient (Wildman–Crippen LogP) is 3.25. The van der Waals surface area contributed by atoms with E-state index in [-0.39, 0.29) is 17.3 Å². The molecule has 0 aromatic heterocycles. The van der Waals surface area contributed by atoms with Crippen molar-refractivity contribution in [1.29, 1.82) is 0 Å². The molecule has 0 bridgehead atoms. The van der Waals surface area contributed by atoms with Crippen LogP contribution < -0.4 is 11.1 Å². The number of carbonyl (C=O) groups excluding carboxylic acids is 1. The molecule has 0 aliphatic heterocycles. The number of hydrogen-bond donors (Lipinski definition) is 2. The maximum Gasteiger partial charge on any atom is 0.253 e. The van der Waals surface area contributed by atoms with Gasteiger partial charge in [0.25, 0.3) is 5.91 Å². The minimum Gasteiger partial charge on any atom is -0.398 e. The molecule has 1 fully saturated rings. The number of nitrogen functional groups attached to an aromatic ring is 1. The Morgan fingerprint density at radius 1 is 1.20 bits per heavy atom. The van der Waals surface area contributed by atoms with Crippen molar-refractivity contribution in [3.8, 4) is 0 Å². The van der Waals surface area contributed by atoms with Crippen molar-refractivity contribution >= 4 is 11.6 Å². The number of amides is 1. The van der Waals surface area contributed by atoms with Gasteiger partial charge in [0, 0.05) is 17.8 Å². The van der Waals surface area contributed by atoms with E-state index < -0.39 is 17.5 Å². The average molecular weight is 282 g/mol. The molecule has 110 valence electrons. The van der Waals surface area contributed by atoms with Crippen LogP contribution in [0.3, 0.4) is 0 Å². The summed E-state index contributed by atoms with van der Waals surface area (Å²) in [6.07, 6.45) is 5.13. The van der Waals surface area contributed by atoms with Gasteiger partial charge in [0.05, 0.1) is 5.56 Å². The summed E-state index contributed by atoms with van der Waals surface area (Å²) >= 11 is 0. The van der Waals surface area contributed by atoms with Crippen molar-refractivity contribution in [2.75, 3.05) is 5.73 Å². The highest BCUT2D eigenvalue weighted by Gasteiger charge is 2.20. The minimum absolute atomic E-state index is 0.00111. The molecule has 1 aromatic carbocycles. The standard InChI is InChI=1S/C15H20F2N2O/c1-9-3-2-4-10(6-5-9)19-15(20)11-7-12(16)13(17)8-14(11)18/h7-10H,2-6,18H2,1H3,(H,19,20). The summed E-state index contributed by atoms with van der Waals surface area (Å²) in [6, 6.07) is 1.79. The predicted molar refractivity (Wildman–Crippen MR) is 74.3 cm³/mol. The van der Waals surface area contributed by atoms with Gasteiger partial charge in [-0.05, 0) is 31.2 Å². The molecule has 0 heterocycles.